The quantitative estimate of drug-likeness (QED) is 0.663. The Morgan fingerprint density at radius 3 is 2.36 bits per heavy atom. The molecule has 0 aliphatic heterocycles. The van der Waals surface area contributed by atoms with Crippen LogP contribution in [0.2, 0.25) is 0 Å². The standard InChI is InChI=1S/C13H11F7O2/c14-4-1-5-22-7-3-2-6(13(18,19)20)8-9(7)10(15)12(16,17)11(8)21/h2-3,10-11,21H,1,4-5H2/t10-,11-/m0/s1. The maximum Gasteiger partial charge on any atom is 0.416 e. The molecule has 9 heteroatoms. The number of hydrogen-bond acceptors (Lipinski definition) is 2. The van der Waals surface area contributed by atoms with Gasteiger partial charge in [0.15, 0.2) is 6.17 Å². The zero-order chi connectivity index (χ0) is 16.7. The van der Waals surface area contributed by atoms with Gasteiger partial charge in [0.25, 0.3) is 0 Å². The van der Waals surface area contributed by atoms with Gasteiger partial charge < -0.3 is 9.84 Å². The van der Waals surface area contributed by atoms with Gasteiger partial charge in [0.1, 0.15) is 11.9 Å². The molecule has 22 heavy (non-hydrogen) atoms. The van der Waals surface area contributed by atoms with Crippen molar-refractivity contribution in [3.63, 3.8) is 0 Å². The molecule has 0 unspecified atom stereocenters. The van der Waals surface area contributed by atoms with Crippen LogP contribution in [0.4, 0.5) is 30.7 Å². The zero-order valence-electron chi connectivity index (χ0n) is 10.9. The zero-order valence-corrected chi connectivity index (χ0v) is 10.9. The number of rotatable bonds is 4. The highest BCUT2D eigenvalue weighted by molar-refractivity contribution is 5.53. The molecule has 1 aliphatic carbocycles. The molecule has 0 saturated heterocycles. The molecular weight excluding hydrogens is 321 g/mol. The number of aliphatic hydroxyl groups excluding tert-OH is 1. The number of ether oxygens (including phenoxy) is 1. The van der Waals surface area contributed by atoms with Crippen LogP contribution in [0.1, 0.15) is 35.4 Å². The number of aliphatic hydroxyl groups is 1. The van der Waals surface area contributed by atoms with Gasteiger partial charge >= 0.3 is 12.1 Å². The van der Waals surface area contributed by atoms with Gasteiger partial charge in [-0.2, -0.15) is 22.0 Å². The van der Waals surface area contributed by atoms with Crippen LogP contribution >= 0.6 is 0 Å². The van der Waals surface area contributed by atoms with Crippen molar-refractivity contribution >= 4 is 0 Å². The third kappa shape index (κ3) is 2.62. The van der Waals surface area contributed by atoms with E-state index in [1.54, 1.807) is 0 Å². The highest BCUT2D eigenvalue weighted by atomic mass is 19.4. The predicted octanol–water partition coefficient (Wildman–Crippen LogP) is 4.14. The van der Waals surface area contributed by atoms with Gasteiger partial charge in [-0.1, -0.05) is 0 Å². The van der Waals surface area contributed by atoms with E-state index >= 15 is 0 Å². The lowest BCUT2D eigenvalue weighted by atomic mass is 10.0. The first-order valence-electron chi connectivity index (χ1n) is 6.25. The van der Waals surface area contributed by atoms with Gasteiger partial charge in [-0.25, -0.2) is 4.39 Å². The minimum Gasteiger partial charge on any atom is -0.493 e. The first-order chi connectivity index (χ1) is 10.1. The molecule has 1 N–H and O–H groups in total. The Bertz CT molecular complexity index is 556. The van der Waals surface area contributed by atoms with Crippen LogP contribution in [0.3, 0.4) is 0 Å². The minimum atomic E-state index is -5.04. The lowest BCUT2D eigenvalue weighted by Crippen LogP contribution is -2.25. The van der Waals surface area contributed by atoms with E-state index in [0.29, 0.717) is 12.1 Å². The number of alkyl halides is 7. The topological polar surface area (TPSA) is 29.5 Å². The molecule has 124 valence electrons. The molecule has 1 aromatic rings. The van der Waals surface area contributed by atoms with Gasteiger partial charge in [0.2, 0.25) is 0 Å². The highest BCUT2D eigenvalue weighted by Crippen LogP contribution is 2.57. The molecule has 1 aromatic carbocycles. The van der Waals surface area contributed by atoms with Gasteiger partial charge in [-0.15, -0.1) is 0 Å². The van der Waals surface area contributed by atoms with Crippen LogP contribution in [-0.2, 0) is 6.18 Å². The van der Waals surface area contributed by atoms with Gasteiger partial charge in [-0.05, 0) is 12.1 Å². The Balaban J connectivity index is 2.56. The van der Waals surface area contributed by atoms with E-state index in [0.717, 1.165) is 0 Å². The lowest BCUT2D eigenvalue weighted by Gasteiger charge is -2.17. The fraction of sp³-hybridized carbons (Fsp3) is 0.538. The van der Waals surface area contributed by atoms with Crippen molar-refractivity contribution < 1.29 is 40.6 Å². The second-order valence-electron chi connectivity index (χ2n) is 4.77. The molecule has 0 fully saturated rings. The average Bonchev–Trinajstić information content (AvgIpc) is 2.60. The van der Waals surface area contributed by atoms with Crippen molar-refractivity contribution in [3.8, 4) is 5.75 Å². The third-order valence-corrected chi connectivity index (χ3v) is 3.32. The molecule has 0 radical (unpaired) electrons. The largest absolute Gasteiger partial charge is 0.493 e. The van der Waals surface area contributed by atoms with E-state index in [4.69, 9.17) is 4.74 Å². The Kier molecular flexibility index (Phi) is 4.29. The molecule has 2 rings (SSSR count). The lowest BCUT2D eigenvalue weighted by molar-refractivity contribution is -0.152. The van der Waals surface area contributed by atoms with Crippen LogP contribution in [0.5, 0.6) is 5.75 Å². The van der Waals surface area contributed by atoms with Crippen LogP contribution in [0.15, 0.2) is 12.1 Å². The summed E-state index contributed by atoms with van der Waals surface area (Å²) >= 11 is 0. The van der Waals surface area contributed by atoms with Crippen molar-refractivity contribution in [3.05, 3.63) is 28.8 Å². The van der Waals surface area contributed by atoms with Crippen LogP contribution in [0, 0.1) is 0 Å². The first-order valence-corrected chi connectivity index (χ1v) is 6.25. The van der Waals surface area contributed by atoms with E-state index < -0.39 is 53.5 Å². The monoisotopic (exact) mass is 332 g/mol. The number of hydrogen-bond donors (Lipinski definition) is 1. The second kappa shape index (κ2) is 5.60. The van der Waals surface area contributed by atoms with Gasteiger partial charge in [0.05, 0.1) is 18.8 Å². The molecule has 2 atom stereocenters. The van der Waals surface area contributed by atoms with Crippen molar-refractivity contribution in [1.82, 2.24) is 0 Å². The third-order valence-electron chi connectivity index (χ3n) is 3.32. The van der Waals surface area contributed by atoms with Crippen LogP contribution in [-0.4, -0.2) is 24.3 Å². The van der Waals surface area contributed by atoms with Crippen molar-refractivity contribution in [2.75, 3.05) is 13.3 Å². The molecular formula is C13H11F7O2. The van der Waals surface area contributed by atoms with E-state index in [2.05, 4.69) is 0 Å². The molecule has 0 aromatic heterocycles. The summed E-state index contributed by atoms with van der Waals surface area (Å²) in [6.07, 6.45) is -11.2. The van der Waals surface area contributed by atoms with Crippen molar-refractivity contribution in [2.45, 2.75) is 30.8 Å². The highest BCUT2D eigenvalue weighted by Gasteiger charge is 2.59. The summed E-state index contributed by atoms with van der Waals surface area (Å²) in [5.74, 6) is -4.96. The van der Waals surface area contributed by atoms with E-state index in [1.165, 1.54) is 0 Å². The molecule has 1 aliphatic rings. The fourth-order valence-electron chi connectivity index (χ4n) is 2.31. The first kappa shape index (κ1) is 16.9. The number of fused-ring (bicyclic) bond motifs is 1. The summed E-state index contributed by atoms with van der Waals surface area (Å²) in [5, 5.41) is 9.41. The normalized spacial score (nSPS) is 23.5. The van der Waals surface area contributed by atoms with Gasteiger partial charge in [-0.3, -0.25) is 4.39 Å². The molecule has 0 amide bonds. The summed E-state index contributed by atoms with van der Waals surface area (Å²) in [6.45, 7) is -1.11. The Morgan fingerprint density at radius 1 is 1.18 bits per heavy atom. The summed E-state index contributed by atoms with van der Waals surface area (Å²) in [6, 6.07) is 1.13. The minimum absolute atomic E-state index is 0.133. The van der Waals surface area contributed by atoms with E-state index in [9.17, 15) is 35.8 Å². The number of benzene rings is 1. The molecule has 2 nitrogen and oxygen atoms in total. The van der Waals surface area contributed by atoms with Crippen LogP contribution < -0.4 is 4.74 Å². The second-order valence-corrected chi connectivity index (χ2v) is 4.77. The van der Waals surface area contributed by atoms with Crippen LogP contribution in [0.25, 0.3) is 0 Å². The van der Waals surface area contributed by atoms with Crippen molar-refractivity contribution in [1.29, 1.82) is 0 Å². The van der Waals surface area contributed by atoms with Crippen molar-refractivity contribution in [2.24, 2.45) is 0 Å². The predicted molar refractivity (Wildman–Crippen MR) is 61.3 cm³/mol. The SMILES string of the molecule is O[C@H]1c2c(C(F)(F)F)ccc(OCCCF)c2[C@H](F)C1(F)F. The van der Waals surface area contributed by atoms with E-state index in [-0.39, 0.29) is 13.0 Å². The smallest absolute Gasteiger partial charge is 0.416 e. The Labute approximate surface area is 120 Å². The maximum atomic E-state index is 13.9. The Morgan fingerprint density at radius 2 is 1.82 bits per heavy atom. The summed E-state index contributed by atoms with van der Waals surface area (Å²) in [5.41, 5.74) is -3.82. The fourth-order valence-corrected chi connectivity index (χ4v) is 2.31. The summed E-state index contributed by atoms with van der Waals surface area (Å²) in [4.78, 5) is 0. The molecule has 0 saturated carbocycles. The molecule has 0 spiro atoms. The maximum absolute atomic E-state index is 13.9. The number of halogens is 7. The molecule has 0 bridgehead atoms. The summed E-state index contributed by atoms with van der Waals surface area (Å²) in [7, 11) is 0. The average molecular weight is 332 g/mol. The Hall–Kier alpha value is -1.51. The molecule has 0 heterocycles. The van der Waals surface area contributed by atoms with Gasteiger partial charge in [0, 0.05) is 17.5 Å². The van der Waals surface area contributed by atoms with E-state index in [1.807, 2.05) is 0 Å². The summed E-state index contributed by atoms with van der Waals surface area (Å²) < 4.78 is 96.4.